The molecule has 0 aliphatic heterocycles. The van der Waals surface area contributed by atoms with Gasteiger partial charge < -0.3 is 20.7 Å². The monoisotopic (exact) mass is 256 g/mol. The average Bonchev–Trinajstić information content (AvgIpc) is 2.37. The summed E-state index contributed by atoms with van der Waals surface area (Å²) in [7, 11) is 1.41. The van der Waals surface area contributed by atoms with Gasteiger partial charge in [0, 0.05) is 6.07 Å². The minimum atomic E-state index is -1.37. The summed E-state index contributed by atoms with van der Waals surface area (Å²) in [5.74, 6) is 0.370. The van der Waals surface area contributed by atoms with Crippen molar-refractivity contribution in [3.8, 4) is 5.75 Å². The first-order valence-electron chi connectivity index (χ1n) is 5.39. The second-order valence-electron chi connectivity index (χ2n) is 3.77. The summed E-state index contributed by atoms with van der Waals surface area (Å²) in [5, 5.41) is 30.4. The van der Waals surface area contributed by atoms with Gasteiger partial charge in [-0.2, -0.15) is 0 Å². The van der Waals surface area contributed by atoms with E-state index in [1.165, 1.54) is 25.3 Å². The largest absolute Gasteiger partial charge is 0.497 e. The third-order valence-electron chi connectivity index (χ3n) is 2.58. The third kappa shape index (κ3) is 3.16. The van der Waals surface area contributed by atoms with Crippen molar-refractivity contribution >= 4 is 5.69 Å². The molecule has 0 bridgehead atoms. The molecular weight excluding hydrogens is 240 g/mol. The number of rotatable bonds is 6. The minimum Gasteiger partial charge on any atom is -0.497 e. The Bertz CT molecular complexity index is 424. The van der Waals surface area contributed by atoms with Crippen molar-refractivity contribution in [1.29, 1.82) is 0 Å². The van der Waals surface area contributed by atoms with Crippen molar-refractivity contribution < 1.29 is 19.9 Å². The Morgan fingerprint density at radius 2 is 2.17 bits per heavy atom. The summed E-state index contributed by atoms with van der Waals surface area (Å²) in [6.45, 7) is 0.177. The lowest BCUT2D eigenvalue weighted by Gasteiger charge is -2.17. The van der Waals surface area contributed by atoms with E-state index >= 15 is 0 Å². The fraction of sp³-hybridized carbons (Fsp3) is 0.455. The third-order valence-corrected chi connectivity index (χ3v) is 2.58. The van der Waals surface area contributed by atoms with E-state index < -0.39 is 17.1 Å². The molecule has 0 radical (unpaired) electrons. The smallest absolute Gasteiger partial charge is 0.275 e. The number of aliphatic hydroxyl groups excluding tert-OH is 2. The highest BCUT2D eigenvalue weighted by Gasteiger charge is 2.26. The van der Waals surface area contributed by atoms with E-state index in [9.17, 15) is 20.3 Å². The summed E-state index contributed by atoms with van der Waals surface area (Å²) in [6.07, 6.45) is -2.37. The van der Waals surface area contributed by atoms with Crippen molar-refractivity contribution in [3.63, 3.8) is 0 Å². The highest BCUT2D eigenvalue weighted by molar-refractivity contribution is 5.46. The van der Waals surface area contributed by atoms with Crippen LogP contribution in [0.2, 0.25) is 0 Å². The van der Waals surface area contributed by atoms with Crippen molar-refractivity contribution in [1.82, 2.24) is 0 Å². The SMILES string of the molecule is COc1ccc([N+](=O)[O-])c(C(O)C(O)CCN)c1. The molecule has 0 saturated carbocycles. The summed E-state index contributed by atoms with van der Waals surface area (Å²) in [5.41, 5.74) is 5.02. The second-order valence-corrected chi connectivity index (χ2v) is 3.77. The molecule has 1 rings (SSSR count). The van der Waals surface area contributed by atoms with E-state index in [1.807, 2.05) is 0 Å². The lowest BCUT2D eigenvalue weighted by molar-refractivity contribution is -0.386. The Labute approximate surface area is 104 Å². The maximum atomic E-state index is 10.9. The first kappa shape index (κ1) is 14.4. The van der Waals surface area contributed by atoms with E-state index in [0.717, 1.165) is 0 Å². The van der Waals surface area contributed by atoms with E-state index in [2.05, 4.69) is 0 Å². The van der Waals surface area contributed by atoms with Gasteiger partial charge in [-0.3, -0.25) is 10.1 Å². The molecule has 1 aromatic carbocycles. The standard InChI is InChI=1S/C11H16N2O5/c1-18-7-2-3-9(13(16)17)8(6-7)11(15)10(14)4-5-12/h2-3,6,10-11,14-15H,4-5,12H2,1H3. The molecule has 4 N–H and O–H groups in total. The first-order chi connectivity index (χ1) is 8.51. The predicted molar refractivity (Wildman–Crippen MR) is 64.3 cm³/mol. The molecule has 0 aliphatic rings. The Morgan fingerprint density at radius 3 is 2.67 bits per heavy atom. The van der Waals surface area contributed by atoms with Crippen LogP contribution in [0.15, 0.2) is 18.2 Å². The molecule has 0 fully saturated rings. The number of nitro benzene ring substituents is 1. The maximum Gasteiger partial charge on any atom is 0.275 e. The van der Waals surface area contributed by atoms with Crippen LogP contribution in [0, 0.1) is 10.1 Å². The zero-order chi connectivity index (χ0) is 13.7. The lowest BCUT2D eigenvalue weighted by Crippen LogP contribution is -2.22. The van der Waals surface area contributed by atoms with Crippen LogP contribution >= 0.6 is 0 Å². The van der Waals surface area contributed by atoms with Crippen LogP contribution in [0.25, 0.3) is 0 Å². The summed E-state index contributed by atoms with van der Waals surface area (Å²) < 4.78 is 4.94. The van der Waals surface area contributed by atoms with Gasteiger partial charge in [0.25, 0.3) is 5.69 Å². The van der Waals surface area contributed by atoms with E-state index in [4.69, 9.17) is 10.5 Å². The summed E-state index contributed by atoms with van der Waals surface area (Å²) >= 11 is 0. The number of hydrogen-bond acceptors (Lipinski definition) is 6. The van der Waals surface area contributed by atoms with Gasteiger partial charge in [-0.15, -0.1) is 0 Å². The Hall–Kier alpha value is -1.70. The van der Waals surface area contributed by atoms with Crippen LogP contribution in [0.4, 0.5) is 5.69 Å². The fourth-order valence-corrected chi connectivity index (χ4v) is 1.60. The molecule has 0 saturated heterocycles. The van der Waals surface area contributed by atoms with Crippen molar-refractivity contribution in [2.24, 2.45) is 5.73 Å². The molecule has 2 unspecified atom stereocenters. The highest BCUT2D eigenvalue weighted by atomic mass is 16.6. The Balaban J connectivity index is 3.14. The van der Waals surface area contributed by atoms with Gasteiger partial charge in [0.15, 0.2) is 0 Å². The van der Waals surface area contributed by atoms with Gasteiger partial charge >= 0.3 is 0 Å². The van der Waals surface area contributed by atoms with Gasteiger partial charge in [-0.1, -0.05) is 0 Å². The van der Waals surface area contributed by atoms with E-state index in [0.29, 0.717) is 5.75 Å². The van der Waals surface area contributed by atoms with Crippen molar-refractivity contribution in [3.05, 3.63) is 33.9 Å². The zero-order valence-electron chi connectivity index (χ0n) is 9.94. The number of benzene rings is 1. The minimum absolute atomic E-state index is 0.0142. The zero-order valence-corrected chi connectivity index (χ0v) is 9.94. The maximum absolute atomic E-state index is 10.9. The summed E-state index contributed by atoms with van der Waals surface area (Å²) in [6, 6.07) is 3.98. The molecule has 0 heterocycles. The molecule has 0 amide bonds. The normalized spacial score (nSPS) is 14.0. The number of nitro groups is 1. The molecule has 18 heavy (non-hydrogen) atoms. The highest BCUT2D eigenvalue weighted by Crippen LogP contribution is 2.31. The molecular formula is C11H16N2O5. The fourth-order valence-electron chi connectivity index (χ4n) is 1.60. The van der Waals surface area contributed by atoms with Crippen LogP contribution in [-0.4, -0.2) is 34.9 Å². The molecule has 7 nitrogen and oxygen atoms in total. The molecule has 0 aliphatic carbocycles. The van der Waals surface area contributed by atoms with E-state index in [1.54, 1.807) is 0 Å². The average molecular weight is 256 g/mol. The molecule has 100 valence electrons. The van der Waals surface area contributed by atoms with Crippen LogP contribution < -0.4 is 10.5 Å². The van der Waals surface area contributed by atoms with Crippen LogP contribution in [0.1, 0.15) is 18.1 Å². The van der Waals surface area contributed by atoms with Gasteiger partial charge in [0.1, 0.15) is 11.9 Å². The van der Waals surface area contributed by atoms with Gasteiger partial charge in [-0.05, 0) is 25.1 Å². The molecule has 0 aromatic heterocycles. The first-order valence-corrected chi connectivity index (χ1v) is 5.39. The molecule has 1 aromatic rings. The van der Waals surface area contributed by atoms with Gasteiger partial charge in [-0.25, -0.2) is 0 Å². The second kappa shape index (κ2) is 6.29. The van der Waals surface area contributed by atoms with Crippen LogP contribution in [0.5, 0.6) is 5.75 Å². The number of methoxy groups -OCH3 is 1. The number of aliphatic hydroxyl groups is 2. The number of nitrogens with two attached hydrogens (primary N) is 1. The number of ether oxygens (including phenoxy) is 1. The molecule has 0 spiro atoms. The topological polar surface area (TPSA) is 119 Å². The Morgan fingerprint density at radius 1 is 1.50 bits per heavy atom. The number of nitrogens with zero attached hydrogens (tertiary/aromatic N) is 1. The van der Waals surface area contributed by atoms with E-state index in [-0.39, 0.29) is 24.2 Å². The van der Waals surface area contributed by atoms with Crippen LogP contribution in [-0.2, 0) is 0 Å². The van der Waals surface area contributed by atoms with Crippen molar-refractivity contribution in [2.75, 3.05) is 13.7 Å². The quantitative estimate of drug-likeness (QED) is 0.499. The predicted octanol–water partition coefficient (Wildman–Crippen LogP) is 0.346. The van der Waals surface area contributed by atoms with Crippen molar-refractivity contribution in [2.45, 2.75) is 18.6 Å². The summed E-state index contributed by atoms with van der Waals surface area (Å²) in [4.78, 5) is 10.2. The molecule has 7 heteroatoms. The molecule has 2 atom stereocenters. The van der Waals surface area contributed by atoms with Gasteiger partial charge in [0.2, 0.25) is 0 Å². The number of hydrogen-bond donors (Lipinski definition) is 3. The van der Waals surface area contributed by atoms with Crippen LogP contribution in [0.3, 0.4) is 0 Å². The Kier molecular flexibility index (Phi) is 5.02. The van der Waals surface area contributed by atoms with Gasteiger partial charge in [0.05, 0.1) is 23.7 Å². The lowest BCUT2D eigenvalue weighted by atomic mass is 10.00.